The zero-order valence-corrected chi connectivity index (χ0v) is 14.7. The van der Waals surface area contributed by atoms with E-state index in [2.05, 4.69) is 4.72 Å². The van der Waals surface area contributed by atoms with Crippen LogP contribution < -0.4 is 14.2 Å². The smallest absolute Gasteiger partial charge is 0.244 e. The molecular formula is C17H20FNO5S. The maximum absolute atomic E-state index is 12.9. The summed E-state index contributed by atoms with van der Waals surface area (Å²) in [5.41, 5.74) is 0.516. The van der Waals surface area contributed by atoms with Crippen LogP contribution in [-0.2, 0) is 10.0 Å². The van der Waals surface area contributed by atoms with Crippen molar-refractivity contribution in [1.82, 2.24) is 4.72 Å². The molecule has 0 bridgehead atoms. The molecule has 0 aliphatic carbocycles. The normalized spacial score (nSPS) is 12.6. The second-order valence-electron chi connectivity index (χ2n) is 5.27. The number of ether oxygens (including phenoxy) is 2. The highest BCUT2D eigenvalue weighted by molar-refractivity contribution is 7.89. The maximum atomic E-state index is 12.9. The number of methoxy groups -OCH3 is 2. The van der Waals surface area contributed by atoms with Gasteiger partial charge >= 0.3 is 0 Å². The molecule has 1 atom stereocenters. The molecule has 0 spiro atoms. The van der Waals surface area contributed by atoms with Crippen molar-refractivity contribution < 1.29 is 27.4 Å². The summed E-state index contributed by atoms with van der Waals surface area (Å²) < 4.78 is 50.3. The number of nitrogens with one attached hydrogen (secondary N) is 1. The van der Waals surface area contributed by atoms with E-state index < -0.39 is 21.9 Å². The number of sulfonamides is 1. The summed E-state index contributed by atoms with van der Waals surface area (Å²) in [5.74, 6) is 0.233. The van der Waals surface area contributed by atoms with Gasteiger partial charge in [-0.1, -0.05) is 12.1 Å². The Hall–Kier alpha value is -2.16. The molecule has 25 heavy (non-hydrogen) atoms. The van der Waals surface area contributed by atoms with E-state index in [-0.39, 0.29) is 23.6 Å². The first kappa shape index (κ1) is 19.2. The average Bonchev–Trinajstić information content (AvgIpc) is 2.61. The first-order chi connectivity index (χ1) is 11.9. The highest BCUT2D eigenvalue weighted by atomic mass is 32.2. The van der Waals surface area contributed by atoms with Crippen molar-refractivity contribution in [2.75, 3.05) is 20.8 Å². The third-order valence-electron chi connectivity index (χ3n) is 3.62. The lowest BCUT2D eigenvalue weighted by atomic mass is 10.1. The number of halogens is 1. The Bertz CT molecular complexity index is 808. The fourth-order valence-electron chi connectivity index (χ4n) is 2.26. The molecule has 2 aromatic carbocycles. The van der Waals surface area contributed by atoms with E-state index in [1.165, 1.54) is 56.7 Å². The Morgan fingerprint density at radius 3 is 2.40 bits per heavy atom. The third-order valence-corrected chi connectivity index (χ3v) is 5.13. The standard InChI is InChI=1S/C17H20FNO5S/c1-23-14-7-8-17(16(11-14)24-2)25(21,22)19-10-9-15(20)12-3-5-13(18)6-4-12/h3-8,11,15,19-20H,9-10H2,1-2H3. The summed E-state index contributed by atoms with van der Waals surface area (Å²) in [7, 11) is -0.977. The summed E-state index contributed by atoms with van der Waals surface area (Å²) in [6.07, 6.45) is -0.760. The van der Waals surface area contributed by atoms with E-state index in [0.29, 0.717) is 11.3 Å². The molecule has 0 aliphatic rings. The largest absolute Gasteiger partial charge is 0.497 e. The van der Waals surface area contributed by atoms with Crippen molar-refractivity contribution in [2.45, 2.75) is 17.4 Å². The van der Waals surface area contributed by atoms with Crippen LogP contribution in [0.4, 0.5) is 4.39 Å². The summed E-state index contributed by atoms with van der Waals surface area (Å²) in [6, 6.07) is 9.78. The van der Waals surface area contributed by atoms with Crippen molar-refractivity contribution in [1.29, 1.82) is 0 Å². The Labute approximate surface area is 146 Å². The van der Waals surface area contributed by atoms with Gasteiger partial charge in [-0.3, -0.25) is 0 Å². The Morgan fingerprint density at radius 2 is 1.80 bits per heavy atom. The lowest BCUT2D eigenvalue weighted by Gasteiger charge is -2.14. The van der Waals surface area contributed by atoms with Crippen LogP contribution >= 0.6 is 0 Å². The molecule has 0 saturated carbocycles. The SMILES string of the molecule is COc1ccc(S(=O)(=O)NCCC(O)c2ccc(F)cc2)c(OC)c1. The number of aliphatic hydroxyl groups excluding tert-OH is 1. The van der Waals surface area contributed by atoms with E-state index >= 15 is 0 Å². The van der Waals surface area contributed by atoms with Gasteiger partial charge in [0.15, 0.2) is 0 Å². The number of aliphatic hydroxyl groups is 1. The third kappa shape index (κ3) is 4.91. The van der Waals surface area contributed by atoms with Gasteiger partial charge in [0.05, 0.1) is 20.3 Å². The number of benzene rings is 2. The predicted molar refractivity (Wildman–Crippen MR) is 90.7 cm³/mol. The van der Waals surface area contributed by atoms with Crippen LogP contribution in [0.15, 0.2) is 47.4 Å². The Balaban J connectivity index is 2.03. The molecule has 1 unspecified atom stereocenters. The van der Waals surface area contributed by atoms with Gasteiger partial charge in [-0.05, 0) is 36.2 Å². The summed E-state index contributed by atoms with van der Waals surface area (Å²) >= 11 is 0. The van der Waals surface area contributed by atoms with E-state index in [4.69, 9.17) is 9.47 Å². The van der Waals surface area contributed by atoms with Crippen LogP contribution in [0.5, 0.6) is 11.5 Å². The molecule has 8 heteroatoms. The van der Waals surface area contributed by atoms with Gasteiger partial charge < -0.3 is 14.6 Å². The topological polar surface area (TPSA) is 84.9 Å². The van der Waals surface area contributed by atoms with E-state index in [0.717, 1.165) is 0 Å². The fourth-order valence-corrected chi connectivity index (χ4v) is 3.45. The molecule has 0 aromatic heterocycles. The summed E-state index contributed by atoms with van der Waals surface area (Å²) in [5, 5.41) is 10.0. The van der Waals surface area contributed by atoms with Crippen molar-refractivity contribution in [3.8, 4) is 11.5 Å². The van der Waals surface area contributed by atoms with Crippen LogP contribution in [0.1, 0.15) is 18.1 Å². The molecule has 136 valence electrons. The first-order valence-corrected chi connectivity index (χ1v) is 9.01. The number of rotatable bonds is 8. The number of hydrogen-bond acceptors (Lipinski definition) is 5. The van der Waals surface area contributed by atoms with Crippen LogP contribution in [0.3, 0.4) is 0 Å². The Kier molecular flexibility index (Phi) is 6.35. The van der Waals surface area contributed by atoms with E-state index in [9.17, 15) is 17.9 Å². The molecule has 2 aromatic rings. The molecule has 2 rings (SSSR count). The van der Waals surface area contributed by atoms with Crippen molar-refractivity contribution in [2.24, 2.45) is 0 Å². The van der Waals surface area contributed by atoms with Gasteiger partial charge in [0.25, 0.3) is 0 Å². The van der Waals surface area contributed by atoms with E-state index in [1.807, 2.05) is 0 Å². The molecule has 6 nitrogen and oxygen atoms in total. The summed E-state index contributed by atoms with van der Waals surface area (Å²) in [4.78, 5) is -0.0212. The number of hydrogen-bond donors (Lipinski definition) is 2. The van der Waals surface area contributed by atoms with Crippen LogP contribution in [-0.4, -0.2) is 34.3 Å². The summed E-state index contributed by atoms with van der Waals surface area (Å²) in [6.45, 7) is 0.00998. The highest BCUT2D eigenvalue weighted by Gasteiger charge is 2.20. The highest BCUT2D eigenvalue weighted by Crippen LogP contribution is 2.28. The minimum absolute atomic E-state index is 0.00998. The zero-order valence-electron chi connectivity index (χ0n) is 13.9. The van der Waals surface area contributed by atoms with Crippen molar-refractivity contribution in [3.05, 3.63) is 53.8 Å². The lowest BCUT2D eigenvalue weighted by molar-refractivity contribution is 0.169. The zero-order chi connectivity index (χ0) is 18.4. The van der Waals surface area contributed by atoms with Crippen LogP contribution in [0.2, 0.25) is 0 Å². The van der Waals surface area contributed by atoms with Crippen molar-refractivity contribution in [3.63, 3.8) is 0 Å². The molecule has 0 amide bonds. The van der Waals surface area contributed by atoms with E-state index in [1.54, 1.807) is 0 Å². The minimum Gasteiger partial charge on any atom is -0.497 e. The molecule has 0 fully saturated rings. The second-order valence-corrected chi connectivity index (χ2v) is 7.01. The molecule has 0 heterocycles. The van der Waals surface area contributed by atoms with Gasteiger partial charge in [0.1, 0.15) is 22.2 Å². The van der Waals surface area contributed by atoms with Gasteiger partial charge in [-0.15, -0.1) is 0 Å². The van der Waals surface area contributed by atoms with Crippen LogP contribution in [0, 0.1) is 5.82 Å². The molecular weight excluding hydrogens is 349 g/mol. The van der Waals surface area contributed by atoms with Gasteiger partial charge in [-0.25, -0.2) is 17.5 Å². The Morgan fingerprint density at radius 1 is 1.12 bits per heavy atom. The minimum atomic E-state index is -3.81. The first-order valence-electron chi connectivity index (χ1n) is 7.52. The monoisotopic (exact) mass is 369 g/mol. The molecule has 0 aliphatic heterocycles. The molecule has 0 saturated heterocycles. The van der Waals surface area contributed by atoms with Gasteiger partial charge in [-0.2, -0.15) is 0 Å². The lowest BCUT2D eigenvalue weighted by Crippen LogP contribution is -2.26. The average molecular weight is 369 g/mol. The van der Waals surface area contributed by atoms with Gasteiger partial charge in [0, 0.05) is 12.6 Å². The molecule has 2 N–H and O–H groups in total. The fraction of sp³-hybridized carbons (Fsp3) is 0.294. The van der Waals surface area contributed by atoms with Crippen LogP contribution in [0.25, 0.3) is 0 Å². The predicted octanol–water partition coefficient (Wildman–Crippen LogP) is 2.24. The second kappa shape index (κ2) is 8.28. The quantitative estimate of drug-likeness (QED) is 0.745. The maximum Gasteiger partial charge on any atom is 0.244 e. The molecule has 0 radical (unpaired) electrons. The van der Waals surface area contributed by atoms with Crippen molar-refractivity contribution >= 4 is 10.0 Å². The van der Waals surface area contributed by atoms with Gasteiger partial charge in [0.2, 0.25) is 10.0 Å².